The minimum atomic E-state index is -0.147. The molecule has 1 fully saturated rings. The molecule has 90 valence electrons. The fourth-order valence-corrected chi connectivity index (χ4v) is 2.91. The third kappa shape index (κ3) is 3.27. The standard InChI is InChI=1S/C12H20N2OS/c1-9-14-10(8-16-9)6-7-13-11-4-2-3-5-12(11)15/h8,11-13,15H,2-7H2,1H3/t11-,12-/m0/s1. The first-order valence-corrected chi connectivity index (χ1v) is 6.96. The van der Waals surface area contributed by atoms with E-state index in [1.165, 1.54) is 18.5 Å². The number of hydrogen-bond donors (Lipinski definition) is 2. The molecule has 1 aliphatic carbocycles. The summed E-state index contributed by atoms with van der Waals surface area (Å²) in [5, 5.41) is 16.5. The Morgan fingerprint density at radius 2 is 2.31 bits per heavy atom. The minimum Gasteiger partial charge on any atom is -0.392 e. The molecule has 0 aromatic carbocycles. The molecule has 1 aromatic rings. The number of rotatable bonds is 4. The first kappa shape index (κ1) is 12.0. The van der Waals surface area contributed by atoms with Gasteiger partial charge < -0.3 is 10.4 Å². The van der Waals surface area contributed by atoms with Gasteiger partial charge in [-0.3, -0.25) is 0 Å². The van der Waals surface area contributed by atoms with Crippen molar-refractivity contribution in [1.29, 1.82) is 0 Å². The molecule has 2 atom stereocenters. The topological polar surface area (TPSA) is 45.2 Å². The van der Waals surface area contributed by atoms with Crippen LogP contribution in [0, 0.1) is 6.92 Å². The summed E-state index contributed by atoms with van der Waals surface area (Å²) in [7, 11) is 0. The van der Waals surface area contributed by atoms with Crippen LogP contribution in [0.2, 0.25) is 0 Å². The monoisotopic (exact) mass is 240 g/mol. The van der Waals surface area contributed by atoms with Crippen molar-refractivity contribution in [2.45, 2.75) is 51.2 Å². The lowest BCUT2D eigenvalue weighted by Crippen LogP contribution is -2.42. The molecule has 4 heteroatoms. The molecular formula is C12H20N2OS. The highest BCUT2D eigenvalue weighted by atomic mass is 32.1. The molecular weight excluding hydrogens is 220 g/mol. The average Bonchev–Trinajstić information content (AvgIpc) is 2.67. The number of aliphatic hydroxyl groups is 1. The molecule has 16 heavy (non-hydrogen) atoms. The molecule has 2 rings (SSSR count). The van der Waals surface area contributed by atoms with Crippen LogP contribution in [0.4, 0.5) is 0 Å². The van der Waals surface area contributed by atoms with Crippen molar-refractivity contribution in [1.82, 2.24) is 10.3 Å². The predicted octanol–water partition coefficient (Wildman–Crippen LogP) is 1.89. The summed E-state index contributed by atoms with van der Waals surface area (Å²) in [5.41, 5.74) is 1.17. The van der Waals surface area contributed by atoms with Gasteiger partial charge >= 0.3 is 0 Å². The Bertz CT molecular complexity index is 327. The molecule has 0 unspecified atom stereocenters. The minimum absolute atomic E-state index is 0.147. The smallest absolute Gasteiger partial charge is 0.0897 e. The highest BCUT2D eigenvalue weighted by Gasteiger charge is 2.21. The van der Waals surface area contributed by atoms with Crippen LogP contribution in [0.15, 0.2) is 5.38 Å². The van der Waals surface area contributed by atoms with Crippen LogP contribution < -0.4 is 5.32 Å². The summed E-state index contributed by atoms with van der Waals surface area (Å²) >= 11 is 1.70. The first-order valence-electron chi connectivity index (χ1n) is 6.08. The predicted molar refractivity (Wildman–Crippen MR) is 66.8 cm³/mol. The zero-order chi connectivity index (χ0) is 11.4. The first-order chi connectivity index (χ1) is 7.75. The number of thiazole rings is 1. The largest absolute Gasteiger partial charge is 0.392 e. The van der Waals surface area contributed by atoms with Crippen LogP contribution in [-0.4, -0.2) is 28.8 Å². The molecule has 0 saturated heterocycles. The lowest BCUT2D eigenvalue weighted by atomic mass is 9.92. The summed E-state index contributed by atoms with van der Waals surface area (Å²) in [6, 6.07) is 0.300. The van der Waals surface area contributed by atoms with Gasteiger partial charge in [-0.25, -0.2) is 4.98 Å². The summed E-state index contributed by atoms with van der Waals surface area (Å²) in [4.78, 5) is 4.43. The third-order valence-corrected chi connectivity index (χ3v) is 4.01. The highest BCUT2D eigenvalue weighted by Crippen LogP contribution is 2.18. The Hall–Kier alpha value is -0.450. The molecule has 0 spiro atoms. The van der Waals surface area contributed by atoms with Gasteiger partial charge in [0.05, 0.1) is 16.8 Å². The van der Waals surface area contributed by atoms with Crippen LogP contribution >= 0.6 is 11.3 Å². The number of aryl methyl sites for hydroxylation is 1. The van der Waals surface area contributed by atoms with Crippen molar-refractivity contribution >= 4 is 11.3 Å². The van der Waals surface area contributed by atoms with Crippen LogP contribution in [0.3, 0.4) is 0 Å². The van der Waals surface area contributed by atoms with Gasteiger partial charge in [0.15, 0.2) is 0 Å². The van der Waals surface area contributed by atoms with Gasteiger partial charge in [-0.1, -0.05) is 12.8 Å². The molecule has 0 radical (unpaired) electrons. The maximum absolute atomic E-state index is 9.79. The van der Waals surface area contributed by atoms with Gasteiger partial charge in [-0.15, -0.1) is 11.3 Å². The number of aliphatic hydroxyl groups excluding tert-OH is 1. The van der Waals surface area contributed by atoms with E-state index < -0.39 is 0 Å². The normalized spacial score (nSPS) is 25.9. The Kier molecular flexibility index (Phi) is 4.32. The fourth-order valence-electron chi connectivity index (χ4n) is 2.26. The second-order valence-corrected chi connectivity index (χ2v) is 5.58. The number of nitrogens with one attached hydrogen (secondary N) is 1. The van der Waals surface area contributed by atoms with Crippen LogP contribution in [0.25, 0.3) is 0 Å². The SMILES string of the molecule is Cc1nc(CCN[C@H]2CCCC[C@@H]2O)cs1. The number of aromatic nitrogens is 1. The maximum Gasteiger partial charge on any atom is 0.0897 e. The van der Waals surface area contributed by atoms with Gasteiger partial charge in [-0.2, -0.15) is 0 Å². The summed E-state index contributed by atoms with van der Waals surface area (Å²) in [5.74, 6) is 0. The second-order valence-electron chi connectivity index (χ2n) is 4.52. The van der Waals surface area contributed by atoms with Crippen molar-refractivity contribution in [3.63, 3.8) is 0 Å². The van der Waals surface area contributed by atoms with E-state index in [1.54, 1.807) is 11.3 Å². The lowest BCUT2D eigenvalue weighted by Gasteiger charge is -2.28. The van der Waals surface area contributed by atoms with Crippen LogP contribution in [-0.2, 0) is 6.42 Å². The summed E-state index contributed by atoms with van der Waals surface area (Å²) in [6.45, 7) is 2.96. The highest BCUT2D eigenvalue weighted by molar-refractivity contribution is 7.09. The lowest BCUT2D eigenvalue weighted by molar-refractivity contribution is 0.0913. The van der Waals surface area contributed by atoms with Crippen LogP contribution in [0.1, 0.15) is 36.4 Å². The molecule has 0 bridgehead atoms. The fraction of sp³-hybridized carbons (Fsp3) is 0.750. The third-order valence-electron chi connectivity index (χ3n) is 3.18. The van der Waals surface area contributed by atoms with E-state index in [4.69, 9.17) is 0 Å². The van der Waals surface area contributed by atoms with Crippen LogP contribution in [0.5, 0.6) is 0 Å². The molecule has 1 aliphatic rings. The second kappa shape index (κ2) is 5.75. The Labute approximate surface area is 101 Å². The van der Waals surface area contributed by atoms with Gasteiger partial charge in [0.2, 0.25) is 0 Å². The van der Waals surface area contributed by atoms with Gasteiger partial charge in [0.25, 0.3) is 0 Å². The van der Waals surface area contributed by atoms with Crippen molar-refractivity contribution < 1.29 is 5.11 Å². The Morgan fingerprint density at radius 3 is 3.00 bits per heavy atom. The van der Waals surface area contributed by atoms with Crippen molar-refractivity contribution in [3.8, 4) is 0 Å². The Morgan fingerprint density at radius 1 is 1.50 bits per heavy atom. The van der Waals surface area contributed by atoms with Crippen molar-refractivity contribution in [2.75, 3.05) is 6.54 Å². The van der Waals surface area contributed by atoms with E-state index in [-0.39, 0.29) is 6.10 Å². The molecule has 1 heterocycles. The molecule has 0 aliphatic heterocycles. The maximum atomic E-state index is 9.79. The van der Waals surface area contributed by atoms with E-state index >= 15 is 0 Å². The van der Waals surface area contributed by atoms with E-state index in [1.807, 2.05) is 6.92 Å². The van der Waals surface area contributed by atoms with Gasteiger partial charge in [-0.05, 0) is 19.8 Å². The Balaban J connectivity index is 1.71. The molecule has 1 aromatic heterocycles. The molecule has 3 nitrogen and oxygen atoms in total. The molecule has 2 N–H and O–H groups in total. The zero-order valence-electron chi connectivity index (χ0n) is 9.78. The van der Waals surface area contributed by atoms with E-state index in [2.05, 4.69) is 15.7 Å². The number of nitrogens with zero attached hydrogens (tertiary/aromatic N) is 1. The summed E-state index contributed by atoms with van der Waals surface area (Å²) < 4.78 is 0. The molecule has 0 amide bonds. The average molecular weight is 240 g/mol. The van der Waals surface area contributed by atoms with E-state index in [0.717, 1.165) is 30.8 Å². The quantitative estimate of drug-likeness (QED) is 0.845. The van der Waals surface area contributed by atoms with Gasteiger partial charge in [0, 0.05) is 24.4 Å². The summed E-state index contributed by atoms with van der Waals surface area (Å²) in [6.07, 6.45) is 5.29. The van der Waals surface area contributed by atoms with Crippen molar-refractivity contribution in [3.05, 3.63) is 16.1 Å². The van der Waals surface area contributed by atoms with Gasteiger partial charge in [0.1, 0.15) is 0 Å². The van der Waals surface area contributed by atoms with Crippen molar-refractivity contribution in [2.24, 2.45) is 0 Å². The van der Waals surface area contributed by atoms with E-state index in [0.29, 0.717) is 6.04 Å². The zero-order valence-corrected chi connectivity index (χ0v) is 10.6. The van der Waals surface area contributed by atoms with E-state index in [9.17, 15) is 5.11 Å². The number of hydrogen-bond acceptors (Lipinski definition) is 4. The molecule has 1 saturated carbocycles.